The van der Waals surface area contributed by atoms with E-state index in [1.54, 1.807) is 6.92 Å². The number of aromatic nitrogens is 1. The maximum absolute atomic E-state index is 11.4. The van der Waals surface area contributed by atoms with Crippen molar-refractivity contribution in [3.63, 3.8) is 0 Å². The summed E-state index contributed by atoms with van der Waals surface area (Å²) >= 11 is 5.72. The lowest BCUT2D eigenvalue weighted by Crippen LogP contribution is -2.19. The lowest BCUT2D eigenvalue weighted by molar-refractivity contribution is 0.587. The lowest BCUT2D eigenvalue weighted by Gasteiger charge is -2.05. The SMILES string of the molecule is CNS(=O)(=O)c1cncc(Cl)c1C. The fourth-order valence-electron chi connectivity index (χ4n) is 0.863. The van der Waals surface area contributed by atoms with Gasteiger partial charge < -0.3 is 0 Å². The van der Waals surface area contributed by atoms with Crippen molar-refractivity contribution in [3.05, 3.63) is 23.0 Å². The highest BCUT2D eigenvalue weighted by molar-refractivity contribution is 7.89. The van der Waals surface area contributed by atoms with Crippen LogP contribution in [0.3, 0.4) is 0 Å². The van der Waals surface area contributed by atoms with Gasteiger partial charge in [-0.3, -0.25) is 4.98 Å². The van der Waals surface area contributed by atoms with Gasteiger partial charge in [0.1, 0.15) is 4.90 Å². The molecule has 0 saturated heterocycles. The molecule has 6 heteroatoms. The van der Waals surface area contributed by atoms with Crippen molar-refractivity contribution < 1.29 is 8.42 Å². The molecule has 0 atom stereocenters. The molecule has 1 N–H and O–H groups in total. The molecule has 1 heterocycles. The first-order valence-corrected chi connectivity index (χ1v) is 5.39. The fraction of sp³-hybridized carbons (Fsp3) is 0.286. The third-order valence-corrected chi connectivity index (χ3v) is 3.57. The Kier molecular flexibility index (Phi) is 2.90. The molecule has 0 amide bonds. The summed E-state index contributed by atoms with van der Waals surface area (Å²) in [6, 6.07) is 0. The van der Waals surface area contributed by atoms with Crippen molar-refractivity contribution in [1.82, 2.24) is 9.71 Å². The maximum Gasteiger partial charge on any atom is 0.242 e. The zero-order valence-corrected chi connectivity index (χ0v) is 8.78. The summed E-state index contributed by atoms with van der Waals surface area (Å²) in [6.45, 7) is 1.63. The molecule has 0 fully saturated rings. The summed E-state index contributed by atoms with van der Waals surface area (Å²) in [5.41, 5.74) is 0.506. The Labute approximate surface area is 82.0 Å². The monoisotopic (exact) mass is 220 g/mol. The van der Waals surface area contributed by atoms with Gasteiger partial charge in [-0.25, -0.2) is 13.1 Å². The number of hydrogen-bond donors (Lipinski definition) is 1. The van der Waals surface area contributed by atoms with E-state index in [-0.39, 0.29) is 4.90 Å². The number of hydrogen-bond acceptors (Lipinski definition) is 3. The Morgan fingerprint density at radius 2 is 2.08 bits per heavy atom. The summed E-state index contributed by atoms with van der Waals surface area (Å²) in [5, 5.41) is 0.344. The molecule has 0 radical (unpaired) electrons. The summed E-state index contributed by atoms with van der Waals surface area (Å²) in [5.74, 6) is 0. The predicted octanol–water partition coefficient (Wildman–Crippen LogP) is 0.952. The van der Waals surface area contributed by atoms with Gasteiger partial charge >= 0.3 is 0 Å². The first-order valence-electron chi connectivity index (χ1n) is 3.52. The van der Waals surface area contributed by atoms with E-state index < -0.39 is 10.0 Å². The molecule has 1 aromatic rings. The van der Waals surface area contributed by atoms with Crippen LogP contribution in [-0.2, 0) is 10.0 Å². The molecule has 72 valence electrons. The van der Waals surface area contributed by atoms with Crippen LogP contribution in [0.25, 0.3) is 0 Å². The molecule has 0 aromatic carbocycles. The van der Waals surface area contributed by atoms with Crippen molar-refractivity contribution in [2.24, 2.45) is 0 Å². The number of nitrogens with one attached hydrogen (secondary N) is 1. The fourth-order valence-corrected chi connectivity index (χ4v) is 2.01. The van der Waals surface area contributed by atoms with Gasteiger partial charge in [-0.05, 0) is 19.5 Å². The minimum absolute atomic E-state index is 0.113. The molecular weight excluding hydrogens is 212 g/mol. The molecular formula is C7H9ClN2O2S. The van der Waals surface area contributed by atoms with Crippen LogP contribution in [0.5, 0.6) is 0 Å². The van der Waals surface area contributed by atoms with Gasteiger partial charge in [0.25, 0.3) is 0 Å². The smallest absolute Gasteiger partial charge is 0.242 e. The van der Waals surface area contributed by atoms with Gasteiger partial charge in [-0.15, -0.1) is 0 Å². The minimum Gasteiger partial charge on any atom is -0.262 e. The number of rotatable bonds is 2. The zero-order chi connectivity index (χ0) is 10.1. The molecule has 0 aliphatic heterocycles. The van der Waals surface area contributed by atoms with E-state index in [9.17, 15) is 8.42 Å². The quantitative estimate of drug-likeness (QED) is 0.808. The van der Waals surface area contributed by atoms with E-state index in [0.29, 0.717) is 10.6 Å². The van der Waals surface area contributed by atoms with Crippen LogP contribution in [0.15, 0.2) is 17.3 Å². The van der Waals surface area contributed by atoms with Gasteiger partial charge in [0.15, 0.2) is 0 Å². The Morgan fingerprint density at radius 3 is 2.62 bits per heavy atom. The molecule has 0 aliphatic carbocycles. The largest absolute Gasteiger partial charge is 0.262 e. The van der Waals surface area contributed by atoms with E-state index in [1.807, 2.05) is 0 Å². The summed E-state index contributed by atoms with van der Waals surface area (Å²) in [6.07, 6.45) is 2.68. The van der Waals surface area contributed by atoms with Crippen LogP contribution in [0, 0.1) is 6.92 Å². The standard InChI is InChI=1S/C7H9ClN2O2S/c1-5-6(8)3-10-4-7(5)13(11,12)9-2/h3-4,9H,1-2H3. The first-order chi connectivity index (χ1) is 5.99. The Balaban J connectivity index is 3.40. The van der Waals surface area contributed by atoms with Gasteiger partial charge in [0.2, 0.25) is 10.0 Å². The Morgan fingerprint density at radius 1 is 1.46 bits per heavy atom. The van der Waals surface area contributed by atoms with E-state index in [0.717, 1.165) is 0 Å². The van der Waals surface area contributed by atoms with E-state index in [2.05, 4.69) is 9.71 Å². The number of pyridine rings is 1. The average Bonchev–Trinajstić information content (AvgIpc) is 2.09. The van der Waals surface area contributed by atoms with E-state index in [1.165, 1.54) is 19.4 Å². The molecule has 0 spiro atoms. The second-order valence-electron chi connectivity index (χ2n) is 2.45. The predicted molar refractivity (Wildman–Crippen MR) is 50.2 cm³/mol. The van der Waals surface area contributed by atoms with Crippen molar-refractivity contribution in [2.45, 2.75) is 11.8 Å². The molecule has 13 heavy (non-hydrogen) atoms. The first kappa shape index (κ1) is 10.4. The highest BCUT2D eigenvalue weighted by Gasteiger charge is 2.16. The van der Waals surface area contributed by atoms with Crippen LogP contribution in [0.1, 0.15) is 5.56 Å². The number of sulfonamides is 1. The van der Waals surface area contributed by atoms with E-state index >= 15 is 0 Å². The van der Waals surface area contributed by atoms with Crippen LogP contribution in [0.2, 0.25) is 5.02 Å². The van der Waals surface area contributed by atoms with Crippen LogP contribution < -0.4 is 4.72 Å². The van der Waals surface area contributed by atoms with Gasteiger partial charge in [-0.1, -0.05) is 11.6 Å². The van der Waals surface area contributed by atoms with E-state index in [4.69, 9.17) is 11.6 Å². The number of halogens is 1. The lowest BCUT2D eigenvalue weighted by atomic mass is 10.3. The Bertz CT molecular complexity index is 417. The normalized spacial score (nSPS) is 11.6. The third kappa shape index (κ3) is 1.99. The molecule has 0 bridgehead atoms. The average molecular weight is 221 g/mol. The maximum atomic E-state index is 11.4. The molecule has 0 aliphatic rings. The third-order valence-electron chi connectivity index (χ3n) is 1.67. The zero-order valence-electron chi connectivity index (χ0n) is 7.20. The summed E-state index contributed by atoms with van der Waals surface area (Å²) in [7, 11) is -2.11. The minimum atomic E-state index is -3.45. The topological polar surface area (TPSA) is 59.1 Å². The number of nitrogens with zero attached hydrogens (tertiary/aromatic N) is 1. The molecule has 0 unspecified atom stereocenters. The van der Waals surface area contributed by atoms with Crippen molar-refractivity contribution >= 4 is 21.6 Å². The Hall–Kier alpha value is -0.650. The van der Waals surface area contributed by atoms with Crippen LogP contribution >= 0.6 is 11.6 Å². The van der Waals surface area contributed by atoms with Gasteiger partial charge in [0.05, 0.1) is 5.02 Å². The van der Waals surface area contributed by atoms with Crippen LogP contribution in [0.4, 0.5) is 0 Å². The van der Waals surface area contributed by atoms with Crippen LogP contribution in [-0.4, -0.2) is 20.4 Å². The second-order valence-corrected chi connectivity index (χ2v) is 4.71. The van der Waals surface area contributed by atoms with Gasteiger partial charge in [-0.2, -0.15) is 0 Å². The molecule has 1 aromatic heterocycles. The second kappa shape index (κ2) is 3.61. The summed E-state index contributed by atoms with van der Waals surface area (Å²) in [4.78, 5) is 3.82. The van der Waals surface area contributed by atoms with Crippen molar-refractivity contribution in [3.8, 4) is 0 Å². The summed E-state index contributed by atoms with van der Waals surface area (Å²) < 4.78 is 24.9. The van der Waals surface area contributed by atoms with Crippen molar-refractivity contribution in [1.29, 1.82) is 0 Å². The molecule has 0 saturated carbocycles. The molecule has 1 rings (SSSR count). The van der Waals surface area contributed by atoms with Crippen molar-refractivity contribution in [2.75, 3.05) is 7.05 Å². The highest BCUT2D eigenvalue weighted by atomic mass is 35.5. The highest BCUT2D eigenvalue weighted by Crippen LogP contribution is 2.20. The van der Waals surface area contributed by atoms with Gasteiger partial charge in [0, 0.05) is 12.4 Å². The molecule has 4 nitrogen and oxygen atoms in total.